The van der Waals surface area contributed by atoms with Crippen LogP contribution < -0.4 is 5.32 Å². The van der Waals surface area contributed by atoms with E-state index in [2.05, 4.69) is 12.2 Å². The Hall–Kier alpha value is -1.06. The number of carbonyl (C=O) groups excluding carboxylic acids is 1. The van der Waals surface area contributed by atoms with Crippen LogP contribution in [0.2, 0.25) is 0 Å². The summed E-state index contributed by atoms with van der Waals surface area (Å²) in [6, 6.07) is 7.40. The molecule has 1 heterocycles. The number of rotatable bonds is 5. The summed E-state index contributed by atoms with van der Waals surface area (Å²) in [5, 5.41) is 2.99. The van der Waals surface area contributed by atoms with Crippen LogP contribution in [0.3, 0.4) is 0 Å². The molecule has 0 saturated carbocycles. The van der Waals surface area contributed by atoms with Crippen LogP contribution in [0.25, 0.3) is 0 Å². The average molecular weight is 282 g/mol. The van der Waals surface area contributed by atoms with Gasteiger partial charge in [0, 0.05) is 30.5 Å². The highest BCUT2D eigenvalue weighted by atomic mass is 35.5. The number of ether oxygens (including phenoxy) is 1. The lowest BCUT2D eigenvalue weighted by Crippen LogP contribution is -2.32. The van der Waals surface area contributed by atoms with Gasteiger partial charge in [0.15, 0.2) is 0 Å². The lowest BCUT2D eigenvalue weighted by Gasteiger charge is -2.17. The summed E-state index contributed by atoms with van der Waals surface area (Å²) >= 11 is 5.72. The molecule has 4 heteroatoms. The van der Waals surface area contributed by atoms with Crippen molar-refractivity contribution in [2.75, 3.05) is 13.2 Å². The van der Waals surface area contributed by atoms with Crippen molar-refractivity contribution in [3.63, 3.8) is 0 Å². The van der Waals surface area contributed by atoms with E-state index in [0.717, 1.165) is 25.0 Å². The molecule has 1 amide bonds. The van der Waals surface area contributed by atoms with E-state index in [1.165, 1.54) is 0 Å². The van der Waals surface area contributed by atoms with Gasteiger partial charge in [-0.1, -0.05) is 19.1 Å². The molecular weight excluding hydrogens is 262 g/mol. The van der Waals surface area contributed by atoms with E-state index in [4.69, 9.17) is 16.3 Å². The number of hydrogen-bond acceptors (Lipinski definition) is 2. The highest BCUT2D eigenvalue weighted by Gasteiger charge is 2.26. The zero-order valence-corrected chi connectivity index (χ0v) is 12.0. The lowest BCUT2D eigenvalue weighted by molar-refractivity contribution is 0.0827. The molecule has 0 spiro atoms. The smallest absolute Gasteiger partial charge is 0.251 e. The highest BCUT2D eigenvalue weighted by Crippen LogP contribution is 2.22. The molecule has 0 aliphatic carbocycles. The van der Waals surface area contributed by atoms with E-state index in [1.54, 1.807) is 0 Å². The molecule has 2 rings (SSSR count). The predicted molar refractivity (Wildman–Crippen MR) is 76.5 cm³/mol. The molecule has 1 aromatic carbocycles. The Balaban J connectivity index is 1.86. The first-order chi connectivity index (χ1) is 9.24. The SMILES string of the molecule is CCC1OCCC1CNC(=O)c1ccc(CCl)cc1. The van der Waals surface area contributed by atoms with E-state index in [0.29, 0.717) is 30.0 Å². The molecule has 2 unspecified atom stereocenters. The van der Waals surface area contributed by atoms with Crippen LogP contribution in [0, 0.1) is 5.92 Å². The van der Waals surface area contributed by atoms with Crippen molar-refractivity contribution in [3.8, 4) is 0 Å². The summed E-state index contributed by atoms with van der Waals surface area (Å²) in [5.74, 6) is 0.887. The van der Waals surface area contributed by atoms with Crippen molar-refractivity contribution in [2.24, 2.45) is 5.92 Å². The molecule has 0 bridgehead atoms. The van der Waals surface area contributed by atoms with Crippen molar-refractivity contribution in [3.05, 3.63) is 35.4 Å². The van der Waals surface area contributed by atoms with Crippen LogP contribution >= 0.6 is 11.6 Å². The van der Waals surface area contributed by atoms with E-state index in [9.17, 15) is 4.79 Å². The van der Waals surface area contributed by atoms with Crippen molar-refractivity contribution in [1.82, 2.24) is 5.32 Å². The van der Waals surface area contributed by atoms with Crippen LogP contribution in [0.1, 0.15) is 35.7 Å². The van der Waals surface area contributed by atoms with E-state index in [1.807, 2.05) is 24.3 Å². The molecule has 1 saturated heterocycles. The molecule has 1 aliphatic rings. The maximum Gasteiger partial charge on any atom is 0.251 e. The minimum atomic E-state index is -0.0251. The number of halogens is 1. The largest absolute Gasteiger partial charge is 0.378 e. The quantitative estimate of drug-likeness (QED) is 0.843. The second-order valence-corrected chi connectivity index (χ2v) is 5.17. The monoisotopic (exact) mass is 281 g/mol. The molecule has 2 atom stereocenters. The molecule has 19 heavy (non-hydrogen) atoms. The fourth-order valence-corrected chi connectivity index (χ4v) is 2.63. The highest BCUT2D eigenvalue weighted by molar-refractivity contribution is 6.17. The maximum absolute atomic E-state index is 12.0. The summed E-state index contributed by atoms with van der Waals surface area (Å²) in [4.78, 5) is 12.0. The van der Waals surface area contributed by atoms with Gasteiger partial charge in [-0.2, -0.15) is 0 Å². The number of carbonyl (C=O) groups is 1. The van der Waals surface area contributed by atoms with E-state index in [-0.39, 0.29) is 5.91 Å². The summed E-state index contributed by atoms with van der Waals surface area (Å²) in [6.45, 7) is 3.62. The third-order valence-corrected chi connectivity index (χ3v) is 3.95. The molecule has 0 radical (unpaired) electrons. The fourth-order valence-electron chi connectivity index (χ4n) is 2.45. The van der Waals surface area contributed by atoms with Crippen LogP contribution in [0.4, 0.5) is 0 Å². The van der Waals surface area contributed by atoms with Gasteiger partial charge in [-0.05, 0) is 30.5 Å². The molecular formula is C15H20ClNO2. The minimum Gasteiger partial charge on any atom is -0.378 e. The number of nitrogens with one attached hydrogen (secondary N) is 1. The molecule has 1 aliphatic heterocycles. The second kappa shape index (κ2) is 6.92. The summed E-state index contributed by atoms with van der Waals surface area (Å²) in [7, 11) is 0. The molecule has 1 aromatic rings. The zero-order valence-electron chi connectivity index (χ0n) is 11.2. The number of benzene rings is 1. The summed E-state index contributed by atoms with van der Waals surface area (Å²) < 4.78 is 5.62. The Morgan fingerprint density at radius 2 is 2.16 bits per heavy atom. The van der Waals surface area contributed by atoms with Crippen molar-refractivity contribution in [2.45, 2.75) is 31.7 Å². The summed E-state index contributed by atoms with van der Waals surface area (Å²) in [5.41, 5.74) is 1.70. The average Bonchev–Trinajstić information content (AvgIpc) is 2.92. The summed E-state index contributed by atoms with van der Waals surface area (Å²) in [6.07, 6.45) is 2.33. The van der Waals surface area contributed by atoms with Gasteiger partial charge >= 0.3 is 0 Å². The van der Waals surface area contributed by atoms with Crippen LogP contribution in [-0.2, 0) is 10.6 Å². The molecule has 104 valence electrons. The first-order valence-electron chi connectivity index (χ1n) is 6.79. The van der Waals surface area contributed by atoms with Gasteiger partial charge in [0.2, 0.25) is 0 Å². The van der Waals surface area contributed by atoms with Crippen molar-refractivity contribution >= 4 is 17.5 Å². The van der Waals surface area contributed by atoms with Crippen LogP contribution in [0.15, 0.2) is 24.3 Å². The standard InChI is InChI=1S/C15H20ClNO2/c1-2-14-13(7-8-19-14)10-17-15(18)12-5-3-11(9-16)4-6-12/h3-6,13-14H,2,7-10H2,1H3,(H,17,18). The van der Waals surface area contributed by atoms with Gasteiger partial charge in [0.25, 0.3) is 5.91 Å². The topological polar surface area (TPSA) is 38.3 Å². The first kappa shape index (κ1) is 14.4. The number of amides is 1. The third-order valence-electron chi connectivity index (χ3n) is 3.64. The molecule has 0 aromatic heterocycles. The van der Waals surface area contributed by atoms with Gasteiger partial charge in [0.1, 0.15) is 0 Å². The molecule has 3 nitrogen and oxygen atoms in total. The number of alkyl halides is 1. The van der Waals surface area contributed by atoms with Crippen LogP contribution in [0.5, 0.6) is 0 Å². The van der Waals surface area contributed by atoms with Crippen molar-refractivity contribution < 1.29 is 9.53 Å². The maximum atomic E-state index is 12.0. The Kier molecular flexibility index (Phi) is 5.23. The Labute approximate surface area is 119 Å². The van der Waals surface area contributed by atoms with Crippen molar-refractivity contribution in [1.29, 1.82) is 0 Å². The predicted octanol–water partition coefficient (Wildman–Crippen LogP) is 2.97. The third kappa shape index (κ3) is 3.71. The molecule has 1 fully saturated rings. The van der Waals surface area contributed by atoms with Gasteiger partial charge in [0.05, 0.1) is 6.10 Å². The minimum absolute atomic E-state index is 0.0251. The Morgan fingerprint density at radius 3 is 2.79 bits per heavy atom. The second-order valence-electron chi connectivity index (χ2n) is 4.91. The van der Waals surface area contributed by atoms with Gasteiger partial charge in [-0.15, -0.1) is 11.6 Å². The number of hydrogen-bond donors (Lipinski definition) is 1. The molecule has 1 N–H and O–H groups in total. The first-order valence-corrected chi connectivity index (χ1v) is 7.32. The van der Waals surface area contributed by atoms with Gasteiger partial charge in [-0.25, -0.2) is 0 Å². The van der Waals surface area contributed by atoms with E-state index >= 15 is 0 Å². The Bertz CT molecular complexity index is 419. The zero-order chi connectivity index (χ0) is 13.7. The lowest BCUT2D eigenvalue weighted by atomic mass is 9.99. The van der Waals surface area contributed by atoms with Gasteiger partial charge in [-0.3, -0.25) is 4.79 Å². The Morgan fingerprint density at radius 1 is 1.42 bits per heavy atom. The van der Waals surface area contributed by atoms with Gasteiger partial charge < -0.3 is 10.1 Å². The fraction of sp³-hybridized carbons (Fsp3) is 0.533. The van der Waals surface area contributed by atoms with Crippen LogP contribution in [-0.4, -0.2) is 25.2 Å². The normalized spacial score (nSPS) is 22.4. The van der Waals surface area contributed by atoms with E-state index < -0.39 is 0 Å².